The van der Waals surface area contributed by atoms with Crippen molar-refractivity contribution < 1.29 is 22.7 Å². The molecular formula is C24H30N6O5S2. The van der Waals surface area contributed by atoms with Crippen molar-refractivity contribution in [2.45, 2.75) is 55.6 Å². The van der Waals surface area contributed by atoms with Crippen LogP contribution in [-0.2, 0) is 19.5 Å². The first-order valence-electron chi connectivity index (χ1n) is 12.3. The molecule has 198 valence electrons. The number of aromatic nitrogens is 3. The normalized spacial score (nSPS) is 20.2. The Balaban J connectivity index is 1.28. The zero-order valence-corrected chi connectivity index (χ0v) is 22.0. The van der Waals surface area contributed by atoms with Crippen LogP contribution in [0.25, 0.3) is 10.4 Å². The minimum absolute atomic E-state index is 0.0789. The van der Waals surface area contributed by atoms with Crippen molar-refractivity contribution in [3.63, 3.8) is 0 Å². The molecule has 0 radical (unpaired) electrons. The molecule has 0 atom stereocenters. The van der Waals surface area contributed by atoms with Crippen LogP contribution in [0.5, 0.6) is 0 Å². The third kappa shape index (κ3) is 6.12. The SMILES string of the molecule is CCNS(=O)(=O)c1cc(Nc2ncc[nH]2)ccc1-c1cnc([C@H]2CC[C@H](NC(=O)OC3COC3)CC2)s1. The first kappa shape index (κ1) is 25.6. The highest BCUT2D eigenvalue weighted by Gasteiger charge is 2.29. The van der Waals surface area contributed by atoms with E-state index in [1.54, 1.807) is 37.6 Å². The zero-order chi connectivity index (χ0) is 25.8. The van der Waals surface area contributed by atoms with Crippen molar-refractivity contribution in [1.82, 2.24) is 25.0 Å². The van der Waals surface area contributed by atoms with E-state index in [1.165, 1.54) is 11.3 Å². The smallest absolute Gasteiger partial charge is 0.407 e. The largest absolute Gasteiger partial charge is 0.441 e. The van der Waals surface area contributed by atoms with Gasteiger partial charge >= 0.3 is 6.09 Å². The molecule has 1 aromatic carbocycles. The number of sulfonamides is 1. The lowest BCUT2D eigenvalue weighted by atomic mass is 9.86. The third-order valence-corrected chi connectivity index (χ3v) is 9.21. The number of H-pyrrole nitrogens is 1. The standard InChI is InChI=1S/C24H30N6O5S2/c1-2-28-37(32,33)21-11-17(29-23-25-9-10-26-23)7-8-19(21)20-12-27-22(36-20)15-3-5-16(6-4-15)30-24(31)35-18-13-34-14-18/h7-12,15-16,18,28H,2-6,13-14H2,1H3,(H,30,31)(H2,25,26,29)/t15-,16-. The van der Waals surface area contributed by atoms with Gasteiger partial charge in [0.2, 0.25) is 16.0 Å². The maximum absolute atomic E-state index is 13.1. The Morgan fingerprint density at radius 3 is 2.70 bits per heavy atom. The number of thiazole rings is 1. The zero-order valence-electron chi connectivity index (χ0n) is 20.4. The Bertz CT molecular complexity index is 1320. The maximum atomic E-state index is 13.1. The number of nitrogens with one attached hydrogen (secondary N) is 4. The van der Waals surface area contributed by atoms with Gasteiger partial charge in [-0.15, -0.1) is 11.3 Å². The molecule has 1 amide bonds. The molecule has 11 nitrogen and oxygen atoms in total. The molecule has 1 aliphatic heterocycles. The Labute approximate surface area is 219 Å². The van der Waals surface area contributed by atoms with E-state index in [0.717, 1.165) is 35.6 Å². The summed E-state index contributed by atoms with van der Waals surface area (Å²) in [6.07, 6.45) is 7.98. The number of ether oxygens (including phenoxy) is 2. The summed E-state index contributed by atoms with van der Waals surface area (Å²) >= 11 is 1.52. The van der Waals surface area contributed by atoms with E-state index in [0.29, 0.717) is 30.4 Å². The van der Waals surface area contributed by atoms with Gasteiger partial charge < -0.3 is 25.1 Å². The van der Waals surface area contributed by atoms with Gasteiger partial charge in [0.05, 0.1) is 28.0 Å². The molecule has 0 spiro atoms. The predicted octanol–water partition coefficient (Wildman–Crippen LogP) is 3.73. The van der Waals surface area contributed by atoms with E-state index >= 15 is 0 Å². The molecule has 3 aromatic rings. The lowest BCUT2D eigenvalue weighted by Crippen LogP contribution is -2.44. The average molecular weight is 547 g/mol. The molecule has 2 aliphatic rings. The lowest BCUT2D eigenvalue weighted by Gasteiger charge is -2.30. The second-order valence-corrected chi connectivity index (χ2v) is 11.9. The summed E-state index contributed by atoms with van der Waals surface area (Å²) in [5.74, 6) is 0.789. The number of carbonyl (C=O) groups is 1. The van der Waals surface area contributed by atoms with Crippen LogP contribution in [0.3, 0.4) is 0 Å². The van der Waals surface area contributed by atoms with Crippen LogP contribution in [0, 0.1) is 0 Å². The van der Waals surface area contributed by atoms with Crippen molar-refractivity contribution in [2.75, 3.05) is 25.1 Å². The molecular weight excluding hydrogens is 516 g/mol. The van der Waals surface area contributed by atoms with Crippen molar-refractivity contribution in [3.8, 4) is 10.4 Å². The third-order valence-electron chi connectivity index (χ3n) is 6.44. The van der Waals surface area contributed by atoms with Gasteiger partial charge in [0.1, 0.15) is 0 Å². The molecule has 2 aromatic heterocycles. The Morgan fingerprint density at radius 1 is 1.22 bits per heavy atom. The minimum atomic E-state index is -3.73. The van der Waals surface area contributed by atoms with Crippen LogP contribution < -0.4 is 15.4 Å². The number of carbonyl (C=O) groups excluding carboxylic acids is 1. The topological polar surface area (TPSA) is 147 Å². The van der Waals surface area contributed by atoms with Crippen LogP contribution in [0.15, 0.2) is 41.7 Å². The Kier molecular flexibility index (Phi) is 7.74. The number of hydrogen-bond acceptors (Lipinski definition) is 9. The molecule has 1 saturated carbocycles. The molecule has 2 fully saturated rings. The predicted molar refractivity (Wildman–Crippen MR) is 140 cm³/mol. The number of benzene rings is 1. The highest BCUT2D eigenvalue weighted by Crippen LogP contribution is 2.40. The van der Waals surface area contributed by atoms with Crippen molar-refractivity contribution >= 4 is 39.1 Å². The van der Waals surface area contributed by atoms with Crippen LogP contribution in [0.2, 0.25) is 0 Å². The van der Waals surface area contributed by atoms with Crippen LogP contribution >= 0.6 is 11.3 Å². The number of anilines is 2. The van der Waals surface area contributed by atoms with Crippen molar-refractivity contribution in [2.24, 2.45) is 0 Å². The van der Waals surface area contributed by atoms with E-state index in [2.05, 4.69) is 30.3 Å². The summed E-state index contributed by atoms with van der Waals surface area (Å²) in [5.41, 5.74) is 1.21. The van der Waals surface area contributed by atoms with E-state index in [4.69, 9.17) is 9.47 Å². The molecule has 0 unspecified atom stereocenters. The number of imidazole rings is 1. The summed E-state index contributed by atoms with van der Waals surface area (Å²) < 4.78 is 39.1. The van der Waals surface area contributed by atoms with Crippen LogP contribution in [0.4, 0.5) is 16.4 Å². The quantitative estimate of drug-likeness (QED) is 0.317. The number of rotatable bonds is 9. The maximum Gasteiger partial charge on any atom is 0.407 e. The van der Waals surface area contributed by atoms with Crippen molar-refractivity contribution in [1.29, 1.82) is 0 Å². The van der Waals surface area contributed by atoms with Crippen LogP contribution in [-0.4, -0.2) is 61.4 Å². The van der Waals surface area contributed by atoms with Gasteiger partial charge in [-0.25, -0.2) is 27.9 Å². The first-order valence-corrected chi connectivity index (χ1v) is 14.6. The van der Waals surface area contributed by atoms with Gasteiger partial charge in [0, 0.05) is 48.3 Å². The minimum Gasteiger partial charge on any atom is -0.441 e. The summed E-state index contributed by atoms with van der Waals surface area (Å²) in [7, 11) is -3.73. The van der Waals surface area contributed by atoms with Gasteiger partial charge in [-0.3, -0.25) is 0 Å². The molecule has 5 rings (SSSR count). The first-order chi connectivity index (χ1) is 17.9. The van der Waals surface area contributed by atoms with E-state index < -0.39 is 10.0 Å². The number of alkyl carbamates (subject to hydrolysis) is 1. The van der Waals surface area contributed by atoms with E-state index in [9.17, 15) is 13.2 Å². The summed E-state index contributed by atoms with van der Waals surface area (Å²) in [6.45, 7) is 2.96. The fraction of sp³-hybridized carbons (Fsp3) is 0.458. The molecule has 1 aliphatic carbocycles. The molecule has 3 heterocycles. The molecule has 4 N–H and O–H groups in total. The average Bonchev–Trinajstić information content (AvgIpc) is 3.55. The highest BCUT2D eigenvalue weighted by molar-refractivity contribution is 7.89. The number of hydrogen-bond donors (Lipinski definition) is 4. The second kappa shape index (κ2) is 11.2. The molecule has 1 saturated heterocycles. The van der Waals surface area contributed by atoms with Gasteiger partial charge in [0.15, 0.2) is 6.10 Å². The van der Waals surface area contributed by atoms with E-state index in [-0.39, 0.29) is 35.6 Å². The molecule has 37 heavy (non-hydrogen) atoms. The monoisotopic (exact) mass is 546 g/mol. The van der Waals surface area contributed by atoms with Gasteiger partial charge in [0.25, 0.3) is 0 Å². The summed E-state index contributed by atoms with van der Waals surface area (Å²) in [5, 5.41) is 7.03. The highest BCUT2D eigenvalue weighted by atomic mass is 32.2. The molecule has 13 heteroatoms. The summed E-state index contributed by atoms with van der Waals surface area (Å²) in [6, 6.07) is 5.32. The number of amides is 1. The fourth-order valence-corrected chi connectivity index (χ4v) is 6.96. The molecule has 0 bridgehead atoms. The number of nitrogens with zero attached hydrogens (tertiary/aromatic N) is 2. The number of aromatic amines is 1. The fourth-order valence-electron chi connectivity index (χ4n) is 4.48. The second-order valence-electron chi connectivity index (χ2n) is 9.10. The van der Waals surface area contributed by atoms with Gasteiger partial charge in [-0.05, 0) is 37.8 Å². The summed E-state index contributed by atoms with van der Waals surface area (Å²) in [4.78, 5) is 24.8. The van der Waals surface area contributed by atoms with Crippen molar-refractivity contribution in [3.05, 3.63) is 41.8 Å². The lowest BCUT2D eigenvalue weighted by molar-refractivity contribution is -0.0985. The van der Waals surface area contributed by atoms with Gasteiger partial charge in [-0.1, -0.05) is 13.0 Å². The van der Waals surface area contributed by atoms with Gasteiger partial charge in [-0.2, -0.15) is 0 Å². The van der Waals surface area contributed by atoms with Crippen LogP contribution in [0.1, 0.15) is 43.5 Å². The van der Waals surface area contributed by atoms with E-state index in [1.807, 2.05) is 6.07 Å². The Morgan fingerprint density at radius 2 is 2.03 bits per heavy atom. The Hall–Kier alpha value is -3.00.